The Labute approximate surface area is 153 Å². The van der Waals surface area contributed by atoms with Crippen molar-refractivity contribution in [1.82, 2.24) is 0 Å². The molecule has 0 unspecified atom stereocenters. The van der Waals surface area contributed by atoms with Crippen LogP contribution in [-0.2, 0) is 16.0 Å². The summed E-state index contributed by atoms with van der Waals surface area (Å²) in [5.41, 5.74) is 0.338. The largest absolute Gasteiger partial charge is 0.481 e. The number of carbonyl (C=O) groups excluding carboxylic acids is 1. The van der Waals surface area contributed by atoms with Crippen LogP contribution in [0.25, 0.3) is 0 Å². The first kappa shape index (κ1) is 20.8. The molecule has 0 aliphatic heterocycles. The van der Waals surface area contributed by atoms with Crippen molar-refractivity contribution in [2.45, 2.75) is 65.4 Å². The van der Waals surface area contributed by atoms with Crippen molar-refractivity contribution < 1.29 is 13.9 Å². The Kier molecular flexibility index (Phi) is 8.10. The molecule has 1 aromatic carbocycles. The third-order valence-corrected chi connectivity index (χ3v) is 3.75. The third-order valence-electron chi connectivity index (χ3n) is 3.17. The minimum absolute atomic E-state index is 0.120. The van der Waals surface area contributed by atoms with E-state index in [1.165, 1.54) is 12.1 Å². The maximum absolute atomic E-state index is 14.0. The highest BCUT2D eigenvalue weighted by atomic mass is 35.5. The van der Waals surface area contributed by atoms with Gasteiger partial charge in [-0.15, -0.1) is 0 Å². The van der Waals surface area contributed by atoms with E-state index in [-0.39, 0.29) is 23.0 Å². The Morgan fingerprint density at radius 1 is 1.33 bits per heavy atom. The minimum atomic E-state index is -0.560. The van der Waals surface area contributed by atoms with Gasteiger partial charge in [0.25, 0.3) is 0 Å². The first-order chi connectivity index (χ1) is 11.1. The lowest BCUT2D eigenvalue weighted by atomic mass is 10.1. The van der Waals surface area contributed by atoms with Crippen molar-refractivity contribution >= 4 is 40.5 Å². The van der Waals surface area contributed by atoms with Crippen LogP contribution in [0.5, 0.6) is 0 Å². The lowest BCUT2D eigenvalue weighted by molar-refractivity contribution is -0.116. The molecule has 3 nitrogen and oxygen atoms in total. The molecule has 0 atom stereocenters. The molecule has 0 heterocycles. The molecule has 6 heteroatoms. The van der Waals surface area contributed by atoms with Crippen molar-refractivity contribution in [3.63, 3.8) is 0 Å². The van der Waals surface area contributed by atoms with Crippen LogP contribution in [-0.4, -0.2) is 16.6 Å². The average Bonchev–Trinajstić information content (AvgIpc) is 2.42. The summed E-state index contributed by atoms with van der Waals surface area (Å²) >= 11 is 11.3. The number of nitrogens with one attached hydrogen (secondary N) is 1. The second-order valence-corrected chi connectivity index (χ2v) is 7.55. The van der Waals surface area contributed by atoms with E-state index in [2.05, 4.69) is 12.2 Å². The molecule has 0 aliphatic carbocycles. The van der Waals surface area contributed by atoms with Crippen LogP contribution in [0.3, 0.4) is 0 Å². The van der Waals surface area contributed by atoms with Crippen molar-refractivity contribution in [2.24, 2.45) is 0 Å². The lowest BCUT2D eigenvalue weighted by Gasteiger charge is -2.22. The molecule has 0 saturated carbocycles. The number of halogens is 2. The molecule has 0 fully saturated rings. The molecule has 0 radical (unpaired) electrons. The second kappa shape index (κ2) is 9.33. The number of amides is 1. The van der Waals surface area contributed by atoms with Crippen LogP contribution in [0.1, 0.15) is 58.9 Å². The maximum atomic E-state index is 14.0. The molecular weight excluding hydrogens is 349 g/mol. The van der Waals surface area contributed by atoms with Gasteiger partial charge in [0.15, 0.2) is 5.05 Å². The lowest BCUT2D eigenvalue weighted by Crippen LogP contribution is -2.24. The summed E-state index contributed by atoms with van der Waals surface area (Å²) in [6.45, 7) is 7.75. The van der Waals surface area contributed by atoms with Gasteiger partial charge in [0.1, 0.15) is 11.4 Å². The summed E-state index contributed by atoms with van der Waals surface area (Å²) < 4.78 is 19.6. The first-order valence-corrected chi connectivity index (χ1v) is 8.90. The second-order valence-electron chi connectivity index (χ2n) is 6.69. The van der Waals surface area contributed by atoms with Gasteiger partial charge < -0.3 is 10.1 Å². The maximum Gasteiger partial charge on any atom is 0.224 e. The van der Waals surface area contributed by atoms with E-state index < -0.39 is 11.4 Å². The molecule has 1 rings (SSSR count). The first-order valence-electron chi connectivity index (χ1n) is 8.12. The van der Waals surface area contributed by atoms with E-state index in [4.69, 9.17) is 28.6 Å². The topological polar surface area (TPSA) is 38.3 Å². The van der Waals surface area contributed by atoms with Crippen molar-refractivity contribution in [2.75, 3.05) is 5.32 Å². The molecule has 24 heavy (non-hydrogen) atoms. The Bertz CT molecular complexity index is 599. The van der Waals surface area contributed by atoms with Gasteiger partial charge in [-0.05, 0) is 57.1 Å². The summed E-state index contributed by atoms with van der Waals surface area (Å²) in [7, 11) is 0. The van der Waals surface area contributed by atoms with Gasteiger partial charge in [-0.25, -0.2) is 4.39 Å². The number of rotatable bonds is 7. The Balaban J connectivity index is 2.81. The Hall–Kier alpha value is -1.20. The van der Waals surface area contributed by atoms with Gasteiger partial charge in [0, 0.05) is 17.9 Å². The summed E-state index contributed by atoms with van der Waals surface area (Å²) in [6, 6.07) is 2.71. The Morgan fingerprint density at radius 2 is 2.00 bits per heavy atom. The number of anilines is 1. The smallest absolute Gasteiger partial charge is 0.224 e. The van der Waals surface area contributed by atoms with Crippen LogP contribution in [0.4, 0.5) is 10.1 Å². The highest BCUT2D eigenvalue weighted by Crippen LogP contribution is 2.26. The molecule has 0 spiro atoms. The fourth-order valence-electron chi connectivity index (χ4n) is 2.11. The molecule has 1 aromatic rings. The zero-order chi connectivity index (χ0) is 18.3. The highest BCUT2D eigenvalue weighted by Gasteiger charge is 2.17. The predicted molar refractivity (Wildman–Crippen MR) is 101 cm³/mol. The van der Waals surface area contributed by atoms with Crippen LogP contribution < -0.4 is 5.32 Å². The minimum Gasteiger partial charge on any atom is -0.481 e. The van der Waals surface area contributed by atoms with E-state index in [0.717, 1.165) is 19.3 Å². The zero-order valence-corrected chi connectivity index (χ0v) is 16.2. The summed E-state index contributed by atoms with van der Waals surface area (Å²) in [5.74, 6) is -0.764. The van der Waals surface area contributed by atoms with E-state index in [1.54, 1.807) is 0 Å². The summed E-state index contributed by atoms with van der Waals surface area (Å²) in [4.78, 5) is 11.9. The number of hydrogen-bond acceptors (Lipinski definition) is 3. The van der Waals surface area contributed by atoms with Gasteiger partial charge in [-0.2, -0.15) is 0 Å². The van der Waals surface area contributed by atoms with E-state index in [1.807, 2.05) is 20.8 Å². The molecule has 0 saturated heterocycles. The monoisotopic (exact) mass is 373 g/mol. The number of ether oxygens (including phenoxy) is 1. The molecule has 1 amide bonds. The van der Waals surface area contributed by atoms with Crippen LogP contribution in [0, 0.1) is 5.82 Å². The van der Waals surface area contributed by atoms with Gasteiger partial charge in [0.2, 0.25) is 5.91 Å². The number of hydrogen-bond donors (Lipinski definition) is 1. The van der Waals surface area contributed by atoms with Gasteiger partial charge in [0.05, 0.1) is 5.69 Å². The summed E-state index contributed by atoms with van der Waals surface area (Å²) in [5, 5.41) is 3.23. The van der Waals surface area contributed by atoms with Crippen molar-refractivity contribution in [3.05, 3.63) is 28.5 Å². The zero-order valence-electron chi connectivity index (χ0n) is 14.7. The fourth-order valence-corrected chi connectivity index (χ4v) is 2.73. The molecule has 134 valence electrons. The number of carbonyl (C=O) groups is 1. The summed E-state index contributed by atoms with van der Waals surface area (Å²) in [6.07, 6.45) is 3.44. The standard InChI is InChI=1S/C18H25ClFNO2S/c1-5-6-7-8-16(22)21-15-9-12(13(19)11-14(15)20)10-17(24)23-18(2,3)4/h9,11H,5-8,10H2,1-4H3,(H,21,22). The molecule has 0 aliphatic rings. The van der Waals surface area contributed by atoms with E-state index in [9.17, 15) is 9.18 Å². The SMILES string of the molecule is CCCCCC(=O)Nc1cc(CC(=S)OC(C)(C)C)c(Cl)cc1F. The predicted octanol–water partition coefficient (Wildman–Crippen LogP) is 5.68. The van der Waals surface area contributed by atoms with E-state index >= 15 is 0 Å². The number of unbranched alkanes of at least 4 members (excludes halogenated alkanes) is 2. The molecule has 0 aromatic heterocycles. The van der Waals surface area contributed by atoms with Crippen molar-refractivity contribution in [3.8, 4) is 0 Å². The average molecular weight is 374 g/mol. The normalized spacial score (nSPS) is 11.2. The third kappa shape index (κ3) is 7.58. The van der Waals surface area contributed by atoms with Crippen molar-refractivity contribution in [1.29, 1.82) is 0 Å². The fraction of sp³-hybridized carbons (Fsp3) is 0.556. The van der Waals surface area contributed by atoms with Crippen LogP contribution in [0.15, 0.2) is 12.1 Å². The quantitative estimate of drug-likeness (QED) is 0.493. The molecular formula is C18H25ClFNO2S. The Morgan fingerprint density at radius 3 is 2.58 bits per heavy atom. The highest BCUT2D eigenvalue weighted by molar-refractivity contribution is 7.80. The number of thiocarbonyl (C=S) groups is 1. The van der Waals surface area contributed by atoms with Crippen LogP contribution in [0.2, 0.25) is 5.02 Å². The molecule has 1 N–H and O–H groups in total. The van der Waals surface area contributed by atoms with E-state index in [0.29, 0.717) is 17.0 Å². The number of benzene rings is 1. The van der Waals surface area contributed by atoms with Gasteiger partial charge in [-0.3, -0.25) is 4.79 Å². The van der Waals surface area contributed by atoms with Gasteiger partial charge in [-0.1, -0.05) is 31.4 Å². The molecule has 0 bridgehead atoms. The van der Waals surface area contributed by atoms with Crippen LogP contribution >= 0.6 is 23.8 Å². The van der Waals surface area contributed by atoms with Gasteiger partial charge >= 0.3 is 0 Å².